The highest BCUT2D eigenvalue weighted by atomic mass is 16.5. The number of hydrogen-bond acceptors (Lipinski definition) is 4. The molecule has 0 N–H and O–H groups in total. The van der Waals surface area contributed by atoms with Crippen molar-refractivity contribution in [2.24, 2.45) is 5.92 Å². The lowest BCUT2D eigenvalue weighted by atomic mass is 9.94. The number of aromatic nitrogens is 2. The van der Waals surface area contributed by atoms with Crippen LogP contribution in [0.4, 0.5) is 5.69 Å². The van der Waals surface area contributed by atoms with Crippen LogP contribution in [0.3, 0.4) is 0 Å². The van der Waals surface area contributed by atoms with E-state index in [0.29, 0.717) is 5.91 Å². The maximum absolute atomic E-state index is 12.8. The third-order valence-corrected chi connectivity index (χ3v) is 7.13. The van der Waals surface area contributed by atoms with Crippen molar-refractivity contribution in [3.8, 4) is 11.1 Å². The Labute approximate surface area is 185 Å². The Bertz CT molecular complexity index is 858. The lowest BCUT2D eigenvalue weighted by molar-refractivity contribution is -0.137. The summed E-state index contributed by atoms with van der Waals surface area (Å²) in [6.45, 7) is 4.67. The number of likely N-dealkylation sites (tertiary alicyclic amines) is 1. The summed E-state index contributed by atoms with van der Waals surface area (Å²) in [4.78, 5) is 17.3. The van der Waals surface area contributed by atoms with Crippen LogP contribution in [-0.2, 0) is 9.53 Å². The molecule has 1 amide bonds. The summed E-state index contributed by atoms with van der Waals surface area (Å²) < 4.78 is 7.81. The van der Waals surface area contributed by atoms with Gasteiger partial charge in [0, 0.05) is 56.2 Å². The van der Waals surface area contributed by atoms with Gasteiger partial charge in [0.1, 0.15) is 6.23 Å². The molecule has 0 saturated carbocycles. The second-order valence-corrected chi connectivity index (χ2v) is 9.22. The summed E-state index contributed by atoms with van der Waals surface area (Å²) in [5.74, 6) is 0.607. The molecular weight excluding hydrogens is 388 g/mol. The summed E-state index contributed by atoms with van der Waals surface area (Å²) in [6.07, 6.45) is 13.0. The van der Waals surface area contributed by atoms with Crippen molar-refractivity contribution in [1.82, 2.24) is 14.7 Å². The minimum absolute atomic E-state index is 0.0794. The number of amides is 1. The summed E-state index contributed by atoms with van der Waals surface area (Å²) in [7, 11) is 0. The topological polar surface area (TPSA) is 50.6 Å². The molecule has 0 bridgehead atoms. The standard InChI is InChI=1S/C25H34N4O2/c30-25(28-13-3-1-4-14-28)21-11-15-27(16-12-21)23-9-7-20(8-10-23)22-18-26-29(19-22)24-6-2-5-17-31-24/h7-10,18-19,21,24H,1-6,11-17H2. The van der Waals surface area contributed by atoms with Crippen LogP contribution in [0.15, 0.2) is 36.7 Å². The van der Waals surface area contributed by atoms with Crippen molar-refractivity contribution >= 4 is 11.6 Å². The Balaban J connectivity index is 1.17. The molecule has 1 aromatic heterocycles. The van der Waals surface area contributed by atoms with Gasteiger partial charge in [0.25, 0.3) is 0 Å². The van der Waals surface area contributed by atoms with Crippen LogP contribution in [0.1, 0.15) is 57.6 Å². The van der Waals surface area contributed by atoms with E-state index in [2.05, 4.69) is 45.4 Å². The largest absolute Gasteiger partial charge is 0.371 e. The number of carbonyl (C=O) groups excluding carboxylic acids is 1. The van der Waals surface area contributed by atoms with Crippen molar-refractivity contribution in [2.45, 2.75) is 57.6 Å². The molecule has 6 nitrogen and oxygen atoms in total. The van der Waals surface area contributed by atoms with Gasteiger partial charge in [0.15, 0.2) is 0 Å². The third kappa shape index (κ3) is 4.64. The predicted molar refractivity (Wildman–Crippen MR) is 122 cm³/mol. The molecular formula is C25H34N4O2. The minimum Gasteiger partial charge on any atom is -0.371 e. The van der Waals surface area contributed by atoms with E-state index in [1.54, 1.807) is 0 Å². The molecule has 6 heteroatoms. The van der Waals surface area contributed by atoms with Crippen LogP contribution in [-0.4, -0.2) is 53.4 Å². The number of carbonyl (C=O) groups is 1. The maximum Gasteiger partial charge on any atom is 0.225 e. The van der Waals surface area contributed by atoms with Crippen LogP contribution < -0.4 is 4.90 Å². The highest BCUT2D eigenvalue weighted by Crippen LogP contribution is 2.29. The molecule has 3 saturated heterocycles. The van der Waals surface area contributed by atoms with Crippen molar-refractivity contribution in [2.75, 3.05) is 37.7 Å². The fourth-order valence-corrected chi connectivity index (χ4v) is 5.20. The second-order valence-electron chi connectivity index (χ2n) is 9.22. The van der Waals surface area contributed by atoms with E-state index >= 15 is 0 Å². The van der Waals surface area contributed by atoms with Gasteiger partial charge in [0.2, 0.25) is 5.91 Å². The lowest BCUT2D eigenvalue weighted by Gasteiger charge is -2.36. The fourth-order valence-electron chi connectivity index (χ4n) is 5.20. The van der Waals surface area contributed by atoms with Crippen molar-refractivity contribution in [3.05, 3.63) is 36.7 Å². The van der Waals surface area contributed by atoms with E-state index in [-0.39, 0.29) is 12.1 Å². The van der Waals surface area contributed by atoms with Crippen molar-refractivity contribution < 1.29 is 9.53 Å². The first-order chi connectivity index (χ1) is 15.3. The molecule has 3 aliphatic rings. The zero-order valence-corrected chi connectivity index (χ0v) is 18.4. The molecule has 1 unspecified atom stereocenters. The molecule has 4 heterocycles. The monoisotopic (exact) mass is 422 g/mol. The molecule has 166 valence electrons. The molecule has 1 atom stereocenters. The van der Waals surface area contributed by atoms with Gasteiger partial charge < -0.3 is 14.5 Å². The van der Waals surface area contributed by atoms with Crippen LogP contribution in [0.5, 0.6) is 0 Å². The third-order valence-electron chi connectivity index (χ3n) is 7.13. The van der Waals surface area contributed by atoms with Gasteiger partial charge in [-0.2, -0.15) is 5.10 Å². The minimum atomic E-state index is 0.0794. The quantitative estimate of drug-likeness (QED) is 0.729. The van der Waals surface area contributed by atoms with Gasteiger partial charge in [-0.25, -0.2) is 4.68 Å². The first-order valence-corrected chi connectivity index (χ1v) is 12.1. The van der Waals surface area contributed by atoms with Crippen LogP contribution in [0, 0.1) is 5.92 Å². The predicted octanol–water partition coefficient (Wildman–Crippen LogP) is 4.48. The fraction of sp³-hybridized carbons (Fsp3) is 0.600. The molecule has 3 aliphatic heterocycles. The lowest BCUT2D eigenvalue weighted by Crippen LogP contribution is -2.44. The van der Waals surface area contributed by atoms with Gasteiger partial charge in [0.05, 0.1) is 6.20 Å². The highest BCUT2D eigenvalue weighted by Gasteiger charge is 2.29. The van der Waals surface area contributed by atoms with E-state index in [9.17, 15) is 4.79 Å². The van der Waals surface area contributed by atoms with E-state index in [0.717, 1.165) is 64.0 Å². The van der Waals surface area contributed by atoms with E-state index in [1.165, 1.54) is 36.9 Å². The number of piperidine rings is 2. The summed E-state index contributed by atoms with van der Waals surface area (Å²) in [5.41, 5.74) is 3.56. The summed E-state index contributed by atoms with van der Waals surface area (Å²) >= 11 is 0. The molecule has 0 spiro atoms. The molecule has 0 radical (unpaired) electrons. The van der Waals surface area contributed by atoms with E-state index in [4.69, 9.17) is 4.74 Å². The van der Waals surface area contributed by atoms with Crippen LogP contribution in [0.2, 0.25) is 0 Å². The van der Waals surface area contributed by atoms with Crippen molar-refractivity contribution in [1.29, 1.82) is 0 Å². The molecule has 2 aromatic rings. The second kappa shape index (κ2) is 9.43. The first kappa shape index (κ1) is 20.6. The summed E-state index contributed by atoms with van der Waals surface area (Å²) in [6, 6.07) is 8.78. The maximum atomic E-state index is 12.8. The number of ether oxygens (including phenoxy) is 1. The average molecular weight is 423 g/mol. The molecule has 5 rings (SSSR count). The Morgan fingerprint density at radius 2 is 1.65 bits per heavy atom. The van der Waals surface area contributed by atoms with Gasteiger partial charge in [-0.15, -0.1) is 0 Å². The zero-order chi connectivity index (χ0) is 21.0. The van der Waals surface area contributed by atoms with Gasteiger partial charge in [-0.3, -0.25) is 4.79 Å². The van der Waals surface area contributed by atoms with E-state index < -0.39 is 0 Å². The van der Waals surface area contributed by atoms with Crippen LogP contribution in [0.25, 0.3) is 11.1 Å². The van der Waals surface area contributed by atoms with Gasteiger partial charge in [-0.1, -0.05) is 12.1 Å². The SMILES string of the molecule is O=C(C1CCN(c2ccc(-c3cnn(C4CCCCO4)c3)cc2)CC1)N1CCCCC1. The molecule has 0 aliphatic carbocycles. The highest BCUT2D eigenvalue weighted by molar-refractivity contribution is 5.79. The number of benzene rings is 1. The number of hydrogen-bond donors (Lipinski definition) is 0. The molecule has 31 heavy (non-hydrogen) atoms. The molecule has 1 aromatic carbocycles. The van der Waals surface area contributed by atoms with Crippen molar-refractivity contribution in [3.63, 3.8) is 0 Å². The molecule has 3 fully saturated rings. The Hall–Kier alpha value is -2.34. The number of rotatable bonds is 4. The number of anilines is 1. The van der Waals surface area contributed by atoms with Gasteiger partial charge in [-0.05, 0) is 69.1 Å². The van der Waals surface area contributed by atoms with E-state index in [1.807, 2.05) is 10.9 Å². The Kier molecular flexibility index (Phi) is 6.25. The average Bonchev–Trinajstić information content (AvgIpc) is 3.35. The Morgan fingerprint density at radius 1 is 0.871 bits per heavy atom. The number of nitrogens with zero attached hydrogens (tertiary/aromatic N) is 4. The summed E-state index contributed by atoms with van der Waals surface area (Å²) in [5, 5.41) is 4.54. The Morgan fingerprint density at radius 3 is 2.35 bits per heavy atom. The van der Waals surface area contributed by atoms with Crippen LogP contribution >= 0.6 is 0 Å². The van der Waals surface area contributed by atoms with Gasteiger partial charge >= 0.3 is 0 Å². The first-order valence-electron chi connectivity index (χ1n) is 12.1. The zero-order valence-electron chi connectivity index (χ0n) is 18.4. The normalized spacial score (nSPS) is 23.2. The smallest absolute Gasteiger partial charge is 0.225 e.